The Morgan fingerprint density at radius 3 is 2.70 bits per heavy atom. The van der Waals surface area contributed by atoms with E-state index in [0.29, 0.717) is 15.9 Å². The quantitative estimate of drug-likeness (QED) is 0.917. The zero-order valence-corrected chi connectivity index (χ0v) is 12.9. The fourth-order valence-electron chi connectivity index (χ4n) is 2.69. The molecule has 0 unspecified atom stereocenters. The summed E-state index contributed by atoms with van der Waals surface area (Å²) in [6, 6.07) is 5.50. The van der Waals surface area contributed by atoms with Gasteiger partial charge in [0.05, 0.1) is 10.7 Å². The lowest BCUT2D eigenvalue weighted by molar-refractivity contribution is 0.311. The highest BCUT2D eigenvalue weighted by Gasteiger charge is 2.24. The molecule has 106 valence electrons. The Balaban J connectivity index is 2.06. The Morgan fingerprint density at radius 1 is 1.35 bits per heavy atom. The number of halogens is 2. The largest absolute Gasteiger partial charge is 0.383 e. The normalized spacial score (nSPS) is 15.3. The van der Waals surface area contributed by atoms with Crippen molar-refractivity contribution in [3.8, 4) is 11.1 Å². The Bertz CT molecular complexity index is 645. The SMILES string of the molecule is Cn1nc(CC2CCC2)c(-c2ccc(Cl)cc2Cl)c1N. The minimum atomic E-state index is 0.618. The molecule has 1 saturated carbocycles. The van der Waals surface area contributed by atoms with Crippen molar-refractivity contribution in [2.75, 3.05) is 5.73 Å². The van der Waals surface area contributed by atoms with Crippen LogP contribution in [0.25, 0.3) is 11.1 Å². The molecule has 1 fully saturated rings. The molecule has 2 aromatic rings. The van der Waals surface area contributed by atoms with Crippen molar-refractivity contribution >= 4 is 29.0 Å². The smallest absolute Gasteiger partial charge is 0.129 e. The van der Waals surface area contributed by atoms with E-state index in [1.807, 2.05) is 19.2 Å². The molecule has 0 aliphatic heterocycles. The molecule has 1 aliphatic rings. The second-order valence-electron chi connectivity index (χ2n) is 5.46. The van der Waals surface area contributed by atoms with Gasteiger partial charge in [-0.05, 0) is 24.5 Å². The lowest BCUT2D eigenvalue weighted by Gasteiger charge is -2.24. The molecule has 1 aromatic carbocycles. The maximum absolute atomic E-state index is 6.32. The number of hydrogen-bond donors (Lipinski definition) is 1. The number of nitrogen functional groups attached to an aromatic ring is 1. The molecule has 1 aromatic heterocycles. The van der Waals surface area contributed by atoms with Crippen LogP contribution in [0.4, 0.5) is 5.82 Å². The van der Waals surface area contributed by atoms with Gasteiger partial charge in [0, 0.05) is 23.2 Å². The summed E-state index contributed by atoms with van der Waals surface area (Å²) >= 11 is 12.3. The fraction of sp³-hybridized carbons (Fsp3) is 0.400. The molecule has 5 heteroatoms. The van der Waals surface area contributed by atoms with Gasteiger partial charge in [-0.3, -0.25) is 4.68 Å². The minimum absolute atomic E-state index is 0.618. The Morgan fingerprint density at radius 2 is 2.10 bits per heavy atom. The van der Waals surface area contributed by atoms with E-state index in [0.717, 1.165) is 29.2 Å². The molecule has 0 saturated heterocycles. The van der Waals surface area contributed by atoms with Gasteiger partial charge in [-0.2, -0.15) is 5.10 Å². The van der Waals surface area contributed by atoms with Gasteiger partial charge < -0.3 is 5.73 Å². The predicted molar refractivity (Wildman–Crippen MR) is 84.1 cm³/mol. The van der Waals surface area contributed by atoms with Crippen LogP contribution in [0.5, 0.6) is 0 Å². The van der Waals surface area contributed by atoms with Gasteiger partial charge in [0.15, 0.2) is 0 Å². The molecule has 0 atom stereocenters. The van der Waals surface area contributed by atoms with E-state index in [2.05, 4.69) is 5.10 Å². The molecule has 2 N–H and O–H groups in total. The first-order valence-corrected chi connectivity index (χ1v) is 7.58. The number of aromatic nitrogens is 2. The van der Waals surface area contributed by atoms with E-state index < -0.39 is 0 Å². The first kappa shape index (κ1) is 13.8. The average molecular weight is 310 g/mol. The number of nitrogens with two attached hydrogens (primary N) is 1. The number of hydrogen-bond acceptors (Lipinski definition) is 2. The van der Waals surface area contributed by atoms with Crippen LogP contribution in [0.1, 0.15) is 25.0 Å². The van der Waals surface area contributed by atoms with E-state index in [-0.39, 0.29) is 0 Å². The number of benzene rings is 1. The molecule has 0 radical (unpaired) electrons. The second kappa shape index (κ2) is 5.30. The molecule has 0 bridgehead atoms. The van der Waals surface area contributed by atoms with Crippen LogP contribution >= 0.6 is 23.2 Å². The maximum Gasteiger partial charge on any atom is 0.129 e. The Kier molecular flexibility index (Phi) is 3.65. The van der Waals surface area contributed by atoms with Gasteiger partial charge in [-0.1, -0.05) is 48.5 Å². The van der Waals surface area contributed by atoms with E-state index in [1.54, 1.807) is 10.7 Å². The summed E-state index contributed by atoms with van der Waals surface area (Å²) in [6.07, 6.45) is 4.86. The molecule has 3 nitrogen and oxygen atoms in total. The van der Waals surface area contributed by atoms with Crippen molar-refractivity contribution in [2.24, 2.45) is 13.0 Å². The highest BCUT2D eigenvalue weighted by Crippen LogP contribution is 2.39. The van der Waals surface area contributed by atoms with E-state index in [4.69, 9.17) is 28.9 Å². The zero-order chi connectivity index (χ0) is 14.3. The van der Waals surface area contributed by atoms with Crippen LogP contribution in [0.15, 0.2) is 18.2 Å². The van der Waals surface area contributed by atoms with Crippen LogP contribution in [0.2, 0.25) is 10.0 Å². The fourth-order valence-corrected chi connectivity index (χ4v) is 3.20. The molecule has 3 rings (SSSR count). The summed E-state index contributed by atoms with van der Waals surface area (Å²) in [5.74, 6) is 1.39. The minimum Gasteiger partial charge on any atom is -0.383 e. The van der Waals surface area contributed by atoms with Crippen LogP contribution in [0.3, 0.4) is 0 Å². The van der Waals surface area contributed by atoms with E-state index >= 15 is 0 Å². The third kappa shape index (κ3) is 2.40. The highest BCUT2D eigenvalue weighted by molar-refractivity contribution is 6.36. The third-order valence-electron chi connectivity index (χ3n) is 4.07. The third-order valence-corrected chi connectivity index (χ3v) is 4.62. The van der Waals surface area contributed by atoms with Gasteiger partial charge in [-0.25, -0.2) is 0 Å². The van der Waals surface area contributed by atoms with Crippen molar-refractivity contribution < 1.29 is 0 Å². The lowest BCUT2D eigenvalue weighted by Crippen LogP contribution is -2.14. The van der Waals surface area contributed by atoms with Crippen molar-refractivity contribution in [1.29, 1.82) is 0 Å². The second-order valence-corrected chi connectivity index (χ2v) is 6.30. The van der Waals surface area contributed by atoms with Gasteiger partial charge in [0.1, 0.15) is 5.82 Å². The zero-order valence-electron chi connectivity index (χ0n) is 11.4. The van der Waals surface area contributed by atoms with Crippen molar-refractivity contribution in [3.05, 3.63) is 33.9 Å². The molecular weight excluding hydrogens is 293 g/mol. The molecule has 1 heterocycles. The van der Waals surface area contributed by atoms with Crippen molar-refractivity contribution in [2.45, 2.75) is 25.7 Å². The molecule has 1 aliphatic carbocycles. The van der Waals surface area contributed by atoms with Crippen molar-refractivity contribution in [1.82, 2.24) is 9.78 Å². The topological polar surface area (TPSA) is 43.8 Å². The Hall–Kier alpha value is -1.19. The predicted octanol–water partition coefficient (Wildman–Crippen LogP) is 4.32. The lowest BCUT2D eigenvalue weighted by atomic mass is 9.81. The Labute approximate surface area is 128 Å². The van der Waals surface area contributed by atoms with Crippen LogP contribution in [-0.4, -0.2) is 9.78 Å². The summed E-state index contributed by atoms with van der Waals surface area (Å²) in [5, 5.41) is 5.82. The molecule has 0 spiro atoms. The molecular formula is C15H17Cl2N3. The van der Waals surface area contributed by atoms with Gasteiger partial charge >= 0.3 is 0 Å². The average Bonchev–Trinajstić information content (AvgIpc) is 2.61. The number of nitrogens with zero attached hydrogens (tertiary/aromatic N) is 2. The van der Waals surface area contributed by atoms with Gasteiger partial charge in [0.2, 0.25) is 0 Å². The van der Waals surface area contributed by atoms with Gasteiger partial charge in [0.25, 0.3) is 0 Å². The van der Waals surface area contributed by atoms with Crippen LogP contribution in [0, 0.1) is 5.92 Å². The van der Waals surface area contributed by atoms with Crippen LogP contribution in [-0.2, 0) is 13.5 Å². The summed E-state index contributed by atoms with van der Waals surface area (Å²) in [6.45, 7) is 0. The maximum atomic E-state index is 6.32. The molecule has 20 heavy (non-hydrogen) atoms. The summed E-state index contributed by atoms with van der Waals surface area (Å²) in [4.78, 5) is 0. The number of anilines is 1. The molecule has 0 amide bonds. The first-order chi connectivity index (χ1) is 9.56. The monoisotopic (exact) mass is 309 g/mol. The summed E-state index contributed by atoms with van der Waals surface area (Å²) < 4.78 is 1.73. The number of rotatable bonds is 3. The van der Waals surface area contributed by atoms with Crippen molar-refractivity contribution in [3.63, 3.8) is 0 Å². The van der Waals surface area contributed by atoms with Crippen LogP contribution < -0.4 is 5.73 Å². The van der Waals surface area contributed by atoms with E-state index in [9.17, 15) is 0 Å². The van der Waals surface area contributed by atoms with E-state index in [1.165, 1.54) is 19.3 Å². The van der Waals surface area contributed by atoms with Gasteiger partial charge in [-0.15, -0.1) is 0 Å². The number of aryl methyl sites for hydroxylation is 1. The highest BCUT2D eigenvalue weighted by atomic mass is 35.5. The first-order valence-electron chi connectivity index (χ1n) is 6.83. The summed E-state index contributed by atoms with van der Waals surface area (Å²) in [7, 11) is 1.87. The summed E-state index contributed by atoms with van der Waals surface area (Å²) in [5.41, 5.74) is 9.10. The standard InChI is InChI=1S/C15H17Cl2N3/c1-20-15(18)14(11-6-5-10(16)8-12(11)17)13(19-20)7-9-3-2-4-9/h5-6,8-9H,2-4,7,18H2,1H3.